The number of carbonyl (C=O) groups excluding carboxylic acids is 1. The van der Waals surface area contributed by atoms with Crippen molar-refractivity contribution in [2.24, 2.45) is 0 Å². The Morgan fingerprint density at radius 2 is 1.92 bits per heavy atom. The Kier molecular flexibility index (Phi) is 5.52. The van der Waals surface area contributed by atoms with Crippen LogP contribution in [0.15, 0.2) is 53.0 Å². The fourth-order valence-electron chi connectivity index (χ4n) is 2.84. The van der Waals surface area contributed by atoms with Crippen molar-refractivity contribution in [2.75, 3.05) is 0 Å². The Labute approximate surface area is 160 Å². The highest BCUT2D eigenvalue weighted by Gasteiger charge is 2.16. The van der Waals surface area contributed by atoms with Crippen molar-refractivity contribution >= 4 is 21.8 Å². The number of hydrogen-bond donors (Lipinski definition) is 1. The molecule has 0 saturated carbocycles. The zero-order valence-corrected chi connectivity index (χ0v) is 16.2. The maximum absolute atomic E-state index is 13.9. The van der Waals surface area contributed by atoms with Crippen molar-refractivity contribution < 1.29 is 9.18 Å². The maximum atomic E-state index is 13.9. The van der Waals surface area contributed by atoms with Gasteiger partial charge in [0.05, 0.1) is 17.8 Å². The smallest absolute Gasteiger partial charge is 0.254 e. The molecule has 1 aromatic heterocycles. The molecule has 0 saturated heterocycles. The second kappa shape index (κ2) is 7.83. The quantitative estimate of drug-likeness (QED) is 0.671. The van der Waals surface area contributed by atoms with Crippen molar-refractivity contribution in [3.05, 3.63) is 86.9 Å². The molecule has 0 aliphatic heterocycles. The number of nitrogens with one attached hydrogen (secondary N) is 1. The molecule has 0 unspecified atom stereocenters. The standard InChI is InChI=1S/C20H19BrFN3O/c1-13-18(11-23-20(26)17-10-16(21)8-9-19(17)22)14(2)25(24-13)12-15-6-4-3-5-7-15/h3-10H,11-12H2,1-2H3,(H,23,26). The van der Waals surface area contributed by atoms with Crippen LogP contribution in [0.25, 0.3) is 0 Å². The van der Waals surface area contributed by atoms with Crippen LogP contribution in [-0.2, 0) is 13.1 Å². The lowest BCUT2D eigenvalue weighted by Crippen LogP contribution is -2.24. The van der Waals surface area contributed by atoms with E-state index in [4.69, 9.17) is 0 Å². The molecule has 0 bridgehead atoms. The molecule has 0 aliphatic carbocycles. The summed E-state index contributed by atoms with van der Waals surface area (Å²) in [6.45, 7) is 4.86. The number of carbonyl (C=O) groups is 1. The first kappa shape index (κ1) is 18.3. The number of aromatic nitrogens is 2. The van der Waals surface area contributed by atoms with Crippen LogP contribution in [-0.4, -0.2) is 15.7 Å². The van der Waals surface area contributed by atoms with Crippen molar-refractivity contribution in [3.8, 4) is 0 Å². The minimum absolute atomic E-state index is 0.0198. The summed E-state index contributed by atoms with van der Waals surface area (Å²) in [6, 6.07) is 14.4. The molecule has 0 radical (unpaired) electrons. The molecule has 6 heteroatoms. The van der Waals surface area contributed by atoms with Gasteiger partial charge in [0.15, 0.2) is 0 Å². The van der Waals surface area contributed by atoms with Gasteiger partial charge in [0.1, 0.15) is 5.82 Å². The van der Waals surface area contributed by atoms with Gasteiger partial charge in [-0.1, -0.05) is 46.3 Å². The molecule has 3 rings (SSSR count). The number of benzene rings is 2. The van der Waals surface area contributed by atoms with Crippen molar-refractivity contribution in [1.82, 2.24) is 15.1 Å². The zero-order chi connectivity index (χ0) is 18.7. The zero-order valence-electron chi connectivity index (χ0n) is 14.6. The van der Waals surface area contributed by atoms with Crippen molar-refractivity contribution in [1.29, 1.82) is 0 Å². The van der Waals surface area contributed by atoms with E-state index in [0.717, 1.165) is 22.5 Å². The Morgan fingerprint density at radius 1 is 1.19 bits per heavy atom. The number of hydrogen-bond acceptors (Lipinski definition) is 2. The molecule has 26 heavy (non-hydrogen) atoms. The van der Waals surface area contributed by atoms with Gasteiger partial charge >= 0.3 is 0 Å². The molecule has 1 heterocycles. The molecular formula is C20H19BrFN3O. The van der Waals surface area contributed by atoms with Gasteiger partial charge in [0.25, 0.3) is 5.91 Å². The van der Waals surface area contributed by atoms with Crippen molar-refractivity contribution in [3.63, 3.8) is 0 Å². The lowest BCUT2D eigenvalue weighted by Gasteiger charge is -2.08. The minimum Gasteiger partial charge on any atom is -0.348 e. The van der Waals surface area contributed by atoms with Gasteiger partial charge < -0.3 is 5.32 Å². The van der Waals surface area contributed by atoms with E-state index in [-0.39, 0.29) is 5.56 Å². The number of nitrogens with zero attached hydrogens (tertiary/aromatic N) is 2. The van der Waals surface area contributed by atoms with Gasteiger partial charge in [0.2, 0.25) is 0 Å². The van der Waals surface area contributed by atoms with Crippen LogP contribution >= 0.6 is 15.9 Å². The second-order valence-electron chi connectivity index (χ2n) is 6.10. The summed E-state index contributed by atoms with van der Waals surface area (Å²) in [6.07, 6.45) is 0. The summed E-state index contributed by atoms with van der Waals surface area (Å²) in [7, 11) is 0. The summed E-state index contributed by atoms with van der Waals surface area (Å²) in [4.78, 5) is 12.3. The van der Waals surface area contributed by atoms with E-state index in [1.165, 1.54) is 12.1 Å². The third-order valence-corrected chi connectivity index (χ3v) is 4.80. The molecule has 0 fully saturated rings. The third kappa shape index (κ3) is 4.02. The van der Waals surface area contributed by atoms with Crippen LogP contribution in [0.2, 0.25) is 0 Å². The highest BCUT2D eigenvalue weighted by Crippen LogP contribution is 2.17. The monoisotopic (exact) mass is 415 g/mol. The summed E-state index contributed by atoms with van der Waals surface area (Å²) in [5.74, 6) is -0.989. The van der Waals surface area contributed by atoms with Crippen LogP contribution in [0.1, 0.15) is 32.9 Å². The predicted octanol–water partition coefficient (Wildman–Crippen LogP) is 4.38. The molecule has 0 atom stereocenters. The van der Waals surface area contributed by atoms with E-state index in [1.54, 1.807) is 6.07 Å². The third-order valence-electron chi connectivity index (χ3n) is 4.31. The van der Waals surface area contributed by atoms with Gasteiger partial charge in [-0.05, 0) is 37.6 Å². The Hall–Kier alpha value is -2.47. The molecule has 2 aromatic carbocycles. The first-order chi connectivity index (χ1) is 12.5. The van der Waals surface area contributed by atoms with Crippen molar-refractivity contribution in [2.45, 2.75) is 26.9 Å². The molecule has 0 aliphatic rings. The van der Waals surface area contributed by atoms with E-state index in [1.807, 2.05) is 48.9 Å². The van der Waals surface area contributed by atoms with Gasteiger partial charge in [-0.2, -0.15) is 5.10 Å². The lowest BCUT2D eigenvalue weighted by atomic mass is 10.1. The van der Waals surface area contributed by atoms with E-state index >= 15 is 0 Å². The summed E-state index contributed by atoms with van der Waals surface area (Å²) >= 11 is 3.26. The maximum Gasteiger partial charge on any atom is 0.254 e. The van der Waals surface area contributed by atoms with Crippen LogP contribution in [0, 0.1) is 19.7 Å². The lowest BCUT2D eigenvalue weighted by molar-refractivity contribution is 0.0946. The Bertz CT molecular complexity index is 938. The van der Waals surface area contributed by atoms with Gasteiger partial charge in [-0.25, -0.2) is 4.39 Å². The van der Waals surface area contributed by atoms with Crippen LogP contribution in [0.4, 0.5) is 4.39 Å². The highest BCUT2D eigenvalue weighted by atomic mass is 79.9. The number of aryl methyl sites for hydroxylation is 1. The first-order valence-electron chi connectivity index (χ1n) is 8.25. The summed E-state index contributed by atoms with van der Waals surface area (Å²) in [5.41, 5.74) is 3.97. The summed E-state index contributed by atoms with van der Waals surface area (Å²) < 4.78 is 16.4. The normalized spacial score (nSPS) is 10.8. The largest absolute Gasteiger partial charge is 0.348 e. The Morgan fingerprint density at radius 3 is 2.65 bits per heavy atom. The molecule has 1 amide bonds. The minimum atomic E-state index is -0.543. The Balaban J connectivity index is 1.74. The van der Waals surface area contributed by atoms with E-state index in [9.17, 15) is 9.18 Å². The molecule has 3 aromatic rings. The number of amides is 1. The second-order valence-corrected chi connectivity index (χ2v) is 7.02. The summed E-state index contributed by atoms with van der Waals surface area (Å²) in [5, 5.41) is 7.36. The van der Waals surface area contributed by atoms with Gasteiger partial charge in [-0.15, -0.1) is 0 Å². The molecule has 1 N–H and O–H groups in total. The molecule has 4 nitrogen and oxygen atoms in total. The molecule has 0 spiro atoms. The average molecular weight is 416 g/mol. The highest BCUT2D eigenvalue weighted by molar-refractivity contribution is 9.10. The van der Waals surface area contributed by atoms with Gasteiger partial charge in [-0.3, -0.25) is 9.48 Å². The number of rotatable bonds is 5. The van der Waals surface area contributed by atoms with E-state index < -0.39 is 11.7 Å². The molecule has 134 valence electrons. The topological polar surface area (TPSA) is 46.9 Å². The SMILES string of the molecule is Cc1nn(Cc2ccccc2)c(C)c1CNC(=O)c1cc(Br)ccc1F. The first-order valence-corrected chi connectivity index (χ1v) is 9.05. The fourth-order valence-corrected chi connectivity index (χ4v) is 3.20. The van der Waals surface area contributed by atoms with E-state index in [0.29, 0.717) is 17.6 Å². The van der Waals surface area contributed by atoms with Crippen LogP contribution < -0.4 is 5.32 Å². The average Bonchev–Trinajstić information content (AvgIpc) is 2.89. The molecular weight excluding hydrogens is 397 g/mol. The van der Waals surface area contributed by atoms with Gasteiger partial charge in [0, 0.05) is 22.3 Å². The van der Waals surface area contributed by atoms with E-state index in [2.05, 4.69) is 26.3 Å². The fraction of sp³-hybridized carbons (Fsp3) is 0.200. The van der Waals surface area contributed by atoms with Crippen LogP contribution in [0.5, 0.6) is 0 Å². The predicted molar refractivity (Wildman–Crippen MR) is 103 cm³/mol. The van der Waals surface area contributed by atoms with Crippen LogP contribution in [0.3, 0.4) is 0 Å². The number of halogens is 2.